The number of benzene rings is 3. The predicted octanol–water partition coefficient (Wildman–Crippen LogP) is 7.84. The first-order chi connectivity index (χ1) is 20.3. The summed E-state index contributed by atoms with van der Waals surface area (Å²) in [6.45, 7) is 0.757. The number of nitrogens with one attached hydrogen (secondary N) is 1. The first-order valence-electron chi connectivity index (χ1n) is 14.2. The maximum Gasteiger partial charge on any atom is 0.305 e. The van der Waals surface area contributed by atoms with Crippen molar-refractivity contribution >= 4 is 39.2 Å². The summed E-state index contributed by atoms with van der Waals surface area (Å²) < 4.78 is 40.0. The Hall–Kier alpha value is -2.68. The molecule has 3 atom stereocenters. The van der Waals surface area contributed by atoms with Gasteiger partial charge in [0.1, 0.15) is 4.90 Å². The monoisotopic (exact) mass is 629 g/mol. The molecular weight excluding hydrogens is 593 g/mol. The molecule has 224 valence electrons. The third-order valence-electron chi connectivity index (χ3n) is 7.70. The fourth-order valence-electron chi connectivity index (χ4n) is 5.36. The van der Waals surface area contributed by atoms with E-state index in [9.17, 15) is 13.2 Å². The number of unbranched alkanes of at least 4 members (excludes halogenated alkanes) is 1. The van der Waals surface area contributed by atoms with Crippen molar-refractivity contribution in [2.24, 2.45) is 11.8 Å². The smallest absolute Gasteiger partial charge is 0.305 e. The van der Waals surface area contributed by atoms with Crippen LogP contribution in [0.15, 0.2) is 89.8 Å². The molecule has 0 saturated heterocycles. The Bertz CT molecular complexity index is 1450. The van der Waals surface area contributed by atoms with Gasteiger partial charge in [0.15, 0.2) is 0 Å². The van der Waals surface area contributed by atoms with Gasteiger partial charge >= 0.3 is 5.97 Å². The maximum atomic E-state index is 13.1. The molecule has 0 aromatic heterocycles. The van der Waals surface area contributed by atoms with Crippen LogP contribution in [0.25, 0.3) is 11.1 Å². The van der Waals surface area contributed by atoms with Crippen molar-refractivity contribution in [2.75, 3.05) is 13.7 Å². The third kappa shape index (κ3) is 9.16. The van der Waals surface area contributed by atoms with Gasteiger partial charge < -0.3 is 9.47 Å². The van der Waals surface area contributed by atoms with Gasteiger partial charge in [-0.05, 0) is 78.8 Å². The molecule has 0 amide bonds. The van der Waals surface area contributed by atoms with Crippen LogP contribution in [0.5, 0.6) is 0 Å². The van der Waals surface area contributed by atoms with Crippen LogP contribution in [0.1, 0.15) is 44.1 Å². The van der Waals surface area contributed by atoms with Gasteiger partial charge in [0, 0.05) is 18.0 Å². The van der Waals surface area contributed by atoms with E-state index >= 15 is 0 Å². The number of halogens is 2. The lowest BCUT2D eigenvalue weighted by Crippen LogP contribution is -2.33. The third-order valence-corrected chi connectivity index (χ3v) is 9.84. The first kappa shape index (κ1) is 32.2. The van der Waals surface area contributed by atoms with E-state index in [4.69, 9.17) is 32.7 Å². The summed E-state index contributed by atoms with van der Waals surface area (Å²) in [6, 6.07) is 23.0. The summed E-state index contributed by atoms with van der Waals surface area (Å²) >= 11 is 12.2. The molecule has 0 heterocycles. The van der Waals surface area contributed by atoms with Crippen molar-refractivity contribution in [3.63, 3.8) is 0 Å². The highest BCUT2D eigenvalue weighted by molar-refractivity contribution is 7.89. The minimum absolute atomic E-state index is 0.0113. The van der Waals surface area contributed by atoms with Crippen LogP contribution in [-0.2, 0) is 30.9 Å². The van der Waals surface area contributed by atoms with Crippen LogP contribution in [0.2, 0.25) is 10.0 Å². The molecule has 3 aromatic carbocycles. The van der Waals surface area contributed by atoms with Gasteiger partial charge in [-0.25, -0.2) is 13.1 Å². The van der Waals surface area contributed by atoms with Crippen molar-refractivity contribution in [1.82, 2.24) is 4.72 Å². The lowest BCUT2D eigenvalue weighted by Gasteiger charge is -2.25. The number of methoxy groups -OCH3 is 1. The van der Waals surface area contributed by atoms with E-state index in [-0.39, 0.29) is 40.4 Å². The van der Waals surface area contributed by atoms with Gasteiger partial charge in [0.25, 0.3) is 0 Å². The Balaban J connectivity index is 1.39. The molecular formula is C33H37Cl2NO5S. The molecule has 0 bridgehead atoms. The zero-order chi connectivity index (χ0) is 30.0. The predicted molar refractivity (Wildman–Crippen MR) is 168 cm³/mol. The summed E-state index contributed by atoms with van der Waals surface area (Å²) in [6.07, 6.45) is 8.49. The average molecular weight is 631 g/mol. The number of carbonyl (C=O) groups excluding carboxylic acids is 1. The SMILES string of the molecule is COC(=O)CCCC=CC[C@@H]1[C@@H](CNS(=O)(=O)c2cc(Cl)ccc2Cl)CC[C@@H]1OCc1ccc(-c2ccccc2)cc1. The maximum absolute atomic E-state index is 13.1. The summed E-state index contributed by atoms with van der Waals surface area (Å²) in [7, 11) is -2.44. The van der Waals surface area contributed by atoms with Crippen molar-refractivity contribution < 1.29 is 22.7 Å². The number of carbonyl (C=O) groups is 1. The van der Waals surface area contributed by atoms with Crippen LogP contribution >= 0.6 is 23.2 Å². The zero-order valence-corrected chi connectivity index (χ0v) is 26.0. The molecule has 1 fully saturated rings. The molecule has 3 aromatic rings. The molecule has 9 heteroatoms. The van der Waals surface area contributed by atoms with Crippen molar-refractivity contribution in [2.45, 2.75) is 56.1 Å². The first-order valence-corrected chi connectivity index (χ1v) is 16.4. The van der Waals surface area contributed by atoms with Crippen LogP contribution in [0, 0.1) is 11.8 Å². The van der Waals surface area contributed by atoms with Crippen molar-refractivity contribution in [3.8, 4) is 11.1 Å². The molecule has 42 heavy (non-hydrogen) atoms. The minimum atomic E-state index is -3.84. The quantitative estimate of drug-likeness (QED) is 0.112. The average Bonchev–Trinajstić information content (AvgIpc) is 3.39. The summed E-state index contributed by atoms with van der Waals surface area (Å²) in [5, 5.41) is 0.436. The van der Waals surface area contributed by atoms with Crippen molar-refractivity contribution in [1.29, 1.82) is 0 Å². The Labute approximate surface area is 259 Å². The molecule has 1 aliphatic carbocycles. The number of ether oxygens (including phenoxy) is 2. The van der Waals surface area contributed by atoms with Crippen LogP contribution in [-0.4, -0.2) is 34.1 Å². The number of esters is 1. The lowest BCUT2D eigenvalue weighted by molar-refractivity contribution is -0.140. The largest absolute Gasteiger partial charge is 0.469 e. The number of sulfonamides is 1. The van der Waals surface area contributed by atoms with E-state index in [0.717, 1.165) is 43.2 Å². The Kier molecular flexibility index (Phi) is 12.0. The van der Waals surface area contributed by atoms with E-state index in [1.165, 1.54) is 24.8 Å². The Morgan fingerprint density at radius 2 is 1.71 bits per heavy atom. The number of hydrogen-bond donors (Lipinski definition) is 1. The lowest BCUT2D eigenvalue weighted by atomic mass is 9.91. The molecule has 6 nitrogen and oxygen atoms in total. The van der Waals surface area contributed by atoms with E-state index in [0.29, 0.717) is 18.1 Å². The molecule has 0 unspecified atom stereocenters. The molecule has 4 rings (SSSR count). The van der Waals surface area contributed by atoms with Gasteiger partial charge in [-0.3, -0.25) is 4.79 Å². The van der Waals surface area contributed by atoms with Gasteiger partial charge in [0.05, 0.1) is 24.8 Å². The second-order valence-electron chi connectivity index (χ2n) is 10.5. The van der Waals surface area contributed by atoms with Crippen molar-refractivity contribution in [3.05, 3.63) is 101 Å². The standard InChI is InChI=1S/C33H37Cl2NO5S/c1-40-33(37)12-8-3-2-7-11-29-27(22-36-42(38,39)32-21-28(34)18-19-30(32)35)17-20-31(29)41-23-24-13-15-26(16-14-24)25-9-5-4-6-10-25/h2,4-7,9-10,13-16,18-19,21,27,29,31,36H,3,8,11-12,17,20,22-23H2,1H3/t27-,29-,31+/m1/s1. The fraction of sp³-hybridized carbons (Fsp3) is 0.364. The highest BCUT2D eigenvalue weighted by Crippen LogP contribution is 2.37. The van der Waals surface area contributed by atoms with E-state index in [1.54, 1.807) is 6.07 Å². The van der Waals surface area contributed by atoms with Gasteiger partial charge in [-0.2, -0.15) is 0 Å². The molecule has 1 N–H and O–H groups in total. The Morgan fingerprint density at radius 3 is 2.45 bits per heavy atom. The zero-order valence-electron chi connectivity index (χ0n) is 23.7. The number of rotatable bonds is 14. The second-order valence-corrected chi connectivity index (χ2v) is 13.1. The van der Waals surface area contributed by atoms with E-state index in [1.807, 2.05) is 18.2 Å². The minimum Gasteiger partial charge on any atom is -0.469 e. The van der Waals surface area contributed by atoms with Gasteiger partial charge in [-0.1, -0.05) is 90.0 Å². The molecule has 0 radical (unpaired) electrons. The summed E-state index contributed by atoms with van der Waals surface area (Å²) in [5.41, 5.74) is 3.41. The van der Waals surface area contributed by atoms with E-state index in [2.05, 4.69) is 53.3 Å². The van der Waals surface area contributed by atoms with Crippen LogP contribution in [0.4, 0.5) is 0 Å². The van der Waals surface area contributed by atoms with E-state index < -0.39 is 10.0 Å². The van der Waals surface area contributed by atoms with Gasteiger partial charge in [0.2, 0.25) is 10.0 Å². The molecule has 0 aliphatic heterocycles. The second kappa shape index (κ2) is 15.7. The normalized spacial score (nSPS) is 18.9. The number of hydrogen-bond acceptors (Lipinski definition) is 5. The number of allylic oxidation sites excluding steroid dienone is 2. The van der Waals surface area contributed by atoms with Gasteiger partial charge in [-0.15, -0.1) is 0 Å². The fourth-order valence-corrected chi connectivity index (χ4v) is 7.21. The summed E-state index contributed by atoms with van der Waals surface area (Å²) in [4.78, 5) is 11.4. The Morgan fingerprint density at radius 1 is 0.976 bits per heavy atom. The highest BCUT2D eigenvalue weighted by Gasteiger charge is 2.36. The van der Waals surface area contributed by atoms with Crippen LogP contribution < -0.4 is 4.72 Å². The highest BCUT2D eigenvalue weighted by atomic mass is 35.5. The van der Waals surface area contributed by atoms with Crippen LogP contribution in [0.3, 0.4) is 0 Å². The molecule has 1 aliphatic rings. The topological polar surface area (TPSA) is 81.7 Å². The molecule has 0 spiro atoms. The summed E-state index contributed by atoms with van der Waals surface area (Å²) in [5.74, 6) is 0.00232. The molecule has 1 saturated carbocycles.